The van der Waals surface area contributed by atoms with Crippen LogP contribution in [0.4, 0.5) is 4.79 Å². The van der Waals surface area contributed by atoms with Crippen LogP contribution >= 0.6 is 0 Å². The van der Waals surface area contributed by atoms with Gasteiger partial charge in [0, 0.05) is 7.05 Å². The molecule has 0 radical (unpaired) electrons. The van der Waals surface area contributed by atoms with E-state index in [1.165, 1.54) is 17.0 Å². The normalized spacial score (nSPS) is 19.6. The number of likely N-dealkylation sites (N-methyl/N-ethyl adjacent to an activating group) is 1. The van der Waals surface area contributed by atoms with Gasteiger partial charge in [0.1, 0.15) is 12.7 Å². The molecule has 0 unspecified atom stereocenters. The SMILES string of the molecule is Cc1ccc(S(=O)(=O)OC[C@@H]2CN(C)C(=O)O2)cc1. The summed E-state index contributed by atoms with van der Waals surface area (Å²) in [5, 5.41) is 0. The van der Waals surface area contributed by atoms with E-state index >= 15 is 0 Å². The maximum absolute atomic E-state index is 11.9. The van der Waals surface area contributed by atoms with E-state index in [0.29, 0.717) is 6.54 Å². The molecule has 1 fully saturated rings. The first kappa shape index (κ1) is 13.8. The molecule has 1 aliphatic heterocycles. The Morgan fingerprint density at radius 3 is 2.53 bits per heavy atom. The molecular formula is C12H15NO5S. The molecule has 1 amide bonds. The smallest absolute Gasteiger partial charge is 0.410 e. The average Bonchev–Trinajstić information content (AvgIpc) is 2.67. The van der Waals surface area contributed by atoms with Crippen LogP contribution < -0.4 is 0 Å². The van der Waals surface area contributed by atoms with Gasteiger partial charge in [0.15, 0.2) is 0 Å². The first-order valence-electron chi connectivity index (χ1n) is 5.76. The monoisotopic (exact) mass is 285 g/mol. The minimum Gasteiger partial charge on any atom is -0.442 e. The third-order valence-electron chi connectivity index (χ3n) is 2.78. The lowest BCUT2D eigenvalue weighted by molar-refractivity contribution is 0.105. The van der Waals surface area contributed by atoms with E-state index in [1.807, 2.05) is 6.92 Å². The second-order valence-electron chi connectivity index (χ2n) is 4.44. The average molecular weight is 285 g/mol. The van der Waals surface area contributed by atoms with E-state index in [2.05, 4.69) is 0 Å². The number of hydrogen-bond acceptors (Lipinski definition) is 5. The van der Waals surface area contributed by atoms with E-state index in [-0.39, 0.29) is 11.5 Å². The Bertz CT molecular complexity index is 566. The summed E-state index contributed by atoms with van der Waals surface area (Å²) in [4.78, 5) is 12.6. The summed E-state index contributed by atoms with van der Waals surface area (Å²) in [6.45, 7) is 2.01. The molecule has 2 rings (SSSR count). The van der Waals surface area contributed by atoms with Gasteiger partial charge in [-0.3, -0.25) is 4.18 Å². The van der Waals surface area contributed by atoms with Crippen LogP contribution in [0.3, 0.4) is 0 Å². The highest BCUT2D eigenvalue weighted by Gasteiger charge is 2.30. The Morgan fingerprint density at radius 2 is 2.00 bits per heavy atom. The highest BCUT2D eigenvalue weighted by molar-refractivity contribution is 7.86. The maximum Gasteiger partial charge on any atom is 0.410 e. The number of ether oxygens (including phenoxy) is 1. The minimum atomic E-state index is -3.81. The molecule has 6 nitrogen and oxygen atoms in total. The molecule has 0 aromatic heterocycles. The largest absolute Gasteiger partial charge is 0.442 e. The predicted octanol–water partition coefficient (Wildman–Crippen LogP) is 1.15. The van der Waals surface area contributed by atoms with Crippen LogP contribution in [0.5, 0.6) is 0 Å². The van der Waals surface area contributed by atoms with Gasteiger partial charge in [-0.2, -0.15) is 8.42 Å². The zero-order chi connectivity index (χ0) is 14.0. The third kappa shape index (κ3) is 3.24. The standard InChI is InChI=1S/C12H15NO5S/c1-9-3-5-11(6-4-9)19(15,16)17-8-10-7-13(2)12(14)18-10/h3-6,10H,7-8H2,1-2H3/t10-/m0/s1. The summed E-state index contributed by atoms with van der Waals surface area (Å²) in [6, 6.07) is 6.36. The molecule has 1 aromatic carbocycles. The van der Waals surface area contributed by atoms with Crippen molar-refractivity contribution in [2.75, 3.05) is 20.2 Å². The topological polar surface area (TPSA) is 72.9 Å². The molecule has 104 valence electrons. The van der Waals surface area contributed by atoms with Crippen LogP contribution in [-0.2, 0) is 19.0 Å². The van der Waals surface area contributed by atoms with Crippen molar-refractivity contribution in [3.63, 3.8) is 0 Å². The van der Waals surface area contributed by atoms with E-state index in [1.54, 1.807) is 19.2 Å². The molecule has 1 atom stereocenters. The molecule has 0 bridgehead atoms. The van der Waals surface area contributed by atoms with E-state index in [9.17, 15) is 13.2 Å². The van der Waals surface area contributed by atoms with Gasteiger partial charge < -0.3 is 9.64 Å². The number of benzene rings is 1. The summed E-state index contributed by atoms with van der Waals surface area (Å²) in [7, 11) is -2.23. The van der Waals surface area contributed by atoms with Gasteiger partial charge in [-0.1, -0.05) is 17.7 Å². The van der Waals surface area contributed by atoms with Gasteiger partial charge in [-0.15, -0.1) is 0 Å². The molecule has 19 heavy (non-hydrogen) atoms. The van der Waals surface area contributed by atoms with Crippen LogP contribution in [0.25, 0.3) is 0 Å². The van der Waals surface area contributed by atoms with Crippen molar-refractivity contribution in [3.05, 3.63) is 29.8 Å². The Labute approximate surface area is 112 Å². The summed E-state index contributed by atoms with van der Waals surface area (Å²) in [5.41, 5.74) is 0.963. The number of rotatable bonds is 4. The van der Waals surface area contributed by atoms with Crippen molar-refractivity contribution in [1.29, 1.82) is 0 Å². The van der Waals surface area contributed by atoms with Crippen molar-refractivity contribution >= 4 is 16.2 Å². The lowest BCUT2D eigenvalue weighted by Crippen LogP contribution is -2.23. The number of hydrogen-bond donors (Lipinski definition) is 0. The van der Waals surface area contributed by atoms with Crippen LogP contribution in [-0.4, -0.2) is 45.7 Å². The molecule has 0 aliphatic carbocycles. The first-order chi connectivity index (χ1) is 8.88. The van der Waals surface area contributed by atoms with E-state index in [0.717, 1.165) is 5.56 Å². The van der Waals surface area contributed by atoms with Crippen LogP contribution in [0, 0.1) is 6.92 Å². The molecule has 1 aliphatic rings. The molecule has 0 N–H and O–H groups in total. The Morgan fingerprint density at radius 1 is 1.37 bits per heavy atom. The van der Waals surface area contributed by atoms with Gasteiger partial charge in [0.05, 0.1) is 11.4 Å². The summed E-state index contributed by atoms with van der Waals surface area (Å²) >= 11 is 0. The van der Waals surface area contributed by atoms with Gasteiger partial charge in [0.2, 0.25) is 0 Å². The van der Waals surface area contributed by atoms with Gasteiger partial charge in [-0.25, -0.2) is 4.79 Å². The Balaban J connectivity index is 1.99. The fourth-order valence-corrected chi connectivity index (χ4v) is 2.61. The molecule has 1 heterocycles. The molecule has 7 heteroatoms. The zero-order valence-electron chi connectivity index (χ0n) is 10.7. The fourth-order valence-electron chi connectivity index (χ4n) is 1.67. The van der Waals surface area contributed by atoms with Gasteiger partial charge in [-0.05, 0) is 19.1 Å². The molecule has 0 spiro atoms. The molecule has 1 aromatic rings. The van der Waals surface area contributed by atoms with Crippen LogP contribution in [0.15, 0.2) is 29.2 Å². The third-order valence-corrected chi connectivity index (χ3v) is 4.07. The first-order valence-corrected chi connectivity index (χ1v) is 7.17. The second kappa shape index (κ2) is 5.18. The minimum absolute atomic E-state index is 0.0933. The number of cyclic esters (lactones) is 1. The lowest BCUT2D eigenvalue weighted by atomic mass is 10.2. The number of amides is 1. The summed E-state index contributed by atoms with van der Waals surface area (Å²) < 4.78 is 33.6. The number of nitrogens with zero attached hydrogens (tertiary/aromatic N) is 1. The quantitative estimate of drug-likeness (QED) is 0.776. The van der Waals surface area contributed by atoms with E-state index in [4.69, 9.17) is 8.92 Å². The van der Waals surface area contributed by atoms with Gasteiger partial charge in [0.25, 0.3) is 10.1 Å². The Kier molecular flexibility index (Phi) is 3.77. The summed E-state index contributed by atoms with van der Waals surface area (Å²) in [5.74, 6) is 0. The predicted molar refractivity (Wildman–Crippen MR) is 67.2 cm³/mol. The lowest BCUT2D eigenvalue weighted by Gasteiger charge is -2.09. The van der Waals surface area contributed by atoms with Crippen molar-refractivity contribution in [2.24, 2.45) is 0 Å². The molecule has 1 saturated heterocycles. The number of aryl methyl sites for hydroxylation is 1. The highest BCUT2D eigenvalue weighted by Crippen LogP contribution is 2.16. The number of carbonyl (C=O) groups excluding carboxylic acids is 1. The molecular weight excluding hydrogens is 270 g/mol. The van der Waals surface area contributed by atoms with Crippen LogP contribution in [0.2, 0.25) is 0 Å². The maximum atomic E-state index is 11.9. The van der Waals surface area contributed by atoms with Crippen molar-refractivity contribution in [1.82, 2.24) is 4.90 Å². The van der Waals surface area contributed by atoms with Crippen molar-refractivity contribution in [3.8, 4) is 0 Å². The zero-order valence-corrected chi connectivity index (χ0v) is 11.5. The van der Waals surface area contributed by atoms with Crippen molar-refractivity contribution in [2.45, 2.75) is 17.9 Å². The van der Waals surface area contributed by atoms with Crippen molar-refractivity contribution < 1.29 is 22.1 Å². The molecule has 0 saturated carbocycles. The van der Waals surface area contributed by atoms with Gasteiger partial charge >= 0.3 is 6.09 Å². The number of carbonyl (C=O) groups is 1. The highest BCUT2D eigenvalue weighted by atomic mass is 32.2. The van der Waals surface area contributed by atoms with E-state index < -0.39 is 22.3 Å². The van der Waals surface area contributed by atoms with Crippen LogP contribution in [0.1, 0.15) is 5.56 Å². The second-order valence-corrected chi connectivity index (χ2v) is 6.05. The summed E-state index contributed by atoms with van der Waals surface area (Å²) in [6.07, 6.45) is -1.03. The Hall–Kier alpha value is -1.60. The fraction of sp³-hybridized carbons (Fsp3) is 0.417.